The maximum absolute atomic E-state index is 12.7. The monoisotopic (exact) mass is 253 g/mol. The number of alkyl halides is 1. The van der Waals surface area contributed by atoms with E-state index in [0.717, 1.165) is 18.8 Å². The lowest BCUT2D eigenvalue weighted by atomic mass is 10.1. The van der Waals surface area contributed by atoms with Crippen molar-refractivity contribution in [3.63, 3.8) is 0 Å². The third-order valence-electron chi connectivity index (χ3n) is 2.82. The molecule has 0 amide bonds. The Morgan fingerprint density at radius 3 is 2.78 bits per heavy atom. The number of nitrogens with zero attached hydrogens (tertiary/aromatic N) is 2. The van der Waals surface area contributed by atoms with E-state index in [1.54, 1.807) is 12.3 Å². The first-order chi connectivity index (χ1) is 8.54. The van der Waals surface area contributed by atoms with E-state index in [9.17, 15) is 4.39 Å². The molecule has 0 spiro atoms. The number of rotatable bonds is 5. The smallest absolute Gasteiger partial charge is 0.237 e. The Balaban J connectivity index is 1.91. The average Bonchev–Trinajstić information content (AvgIpc) is 2.22. The molecule has 0 radical (unpaired) electrons. The SMILES string of the molecule is CC(C)NC1CN(c2ccnc(OC(C)F)c2)C1. The molecule has 1 fully saturated rings. The molecule has 18 heavy (non-hydrogen) atoms. The van der Waals surface area contributed by atoms with Crippen LogP contribution in [0.15, 0.2) is 18.3 Å². The van der Waals surface area contributed by atoms with Gasteiger partial charge in [-0.25, -0.2) is 9.37 Å². The highest BCUT2D eigenvalue weighted by atomic mass is 19.1. The molecule has 0 aromatic carbocycles. The second kappa shape index (κ2) is 5.52. The molecular weight excluding hydrogens is 233 g/mol. The molecule has 1 aromatic heterocycles. The fraction of sp³-hybridized carbons (Fsp3) is 0.615. The second-order valence-corrected chi connectivity index (χ2v) is 4.94. The maximum atomic E-state index is 12.7. The Kier molecular flexibility index (Phi) is 4.01. The zero-order chi connectivity index (χ0) is 13.1. The molecule has 0 saturated carbocycles. The first-order valence-corrected chi connectivity index (χ1v) is 6.32. The van der Waals surface area contributed by atoms with Gasteiger partial charge in [0.1, 0.15) is 0 Å². The molecule has 0 aliphatic carbocycles. The fourth-order valence-electron chi connectivity index (χ4n) is 2.09. The van der Waals surface area contributed by atoms with Crippen LogP contribution in [0.4, 0.5) is 10.1 Å². The summed E-state index contributed by atoms with van der Waals surface area (Å²) >= 11 is 0. The van der Waals surface area contributed by atoms with Crippen LogP contribution in [0, 0.1) is 0 Å². The molecule has 1 N–H and O–H groups in total. The summed E-state index contributed by atoms with van der Waals surface area (Å²) < 4.78 is 17.7. The van der Waals surface area contributed by atoms with Crippen LogP contribution in [0.5, 0.6) is 5.88 Å². The predicted octanol–water partition coefficient (Wildman–Crippen LogP) is 1.96. The summed E-state index contributed by atoms with van der Waals surface area (Å²) in [6, 6.07) is 4.73. The van der Waals surface area contributed by atoms with E-state index in [-0.39, 0.29) is 0 Å². The van der Waals surface area contributed by atoms with Gasteiger partial charge in [0.2, 0.25) is 12.2 Å². The van der Waals surface area contributed by atoms with Gasteiger partial charge in [0.25, 0.3) is 0 Å². The van der Waals surface area contributed by atoms with Gasteiger partial charge >= 0.3 is 0 Å². The van der Waals surface area contributed by atoms with Crippen molar-refractivity contribution in [2.24, 2.45) is 0 Å². The molecule has 4 nitrogen and oxygen atoms in total. The molecular formula is C13H20FN3O. The van der Waals surface area contributed by atoms with Crippen LogP contribution in [0.1, 0.15) is 20.8 Å². The molecule has 2 rings (SSSR count). The van der Waals surface area contributed by atoms with Gasteiger partial charge in [-0.05, 0) is 6.07 Å². The summed E-state index contributed by atoms with van der Waals surface area (Å²) in [4.78, 5) is 6.20. The first kappa shape index (κ1) is 13.1. The Labute approximate surface area is 107 Å². The minimum Gasteiger partial charge on any atom is -0.444 e. The van der Waals surface area contributed by atoms with E-state index in [0.29, 0.717) is 18.0 Å². The third-order valence-corrected chi connectivity index (χ3v) is 2.82. The Hall–Kier alpha value is -1.36. The Morgan fingerprint density at radius 2 is 2.17 bits per heavy atom. The number of hydrogen-bond donors (Lipinski definition) is 1. The summed E-state index contributed by atoms with van der Waals surface area (Å²) in [5, 5.41) is 3.48. The summed E-state index contributed by atoms with van der Waals surface area (Å²) in [6.45, 7) is 7.56. The van der Waals surface area contributed by atoms with Crippen molar-refractivity contribution in [2.75, 3.05) is 18.0 Å². The molecule has 1 aliphatic rings. The van der Waals surface area contributed by atoms with Gasteiger partial charge in [-0.2, -0.15) is 0 Å². The van der Waals surface area contributed by atoms with E-state index >= 15 is 0 Å². The highest BCUT2D eigenvalue weighted by molar-refractivity contribution is 5.51. The van der Waals surface area contributed by atoms with E-state index in [4.69, 9.17) is 4.74 Å². The van der Waals surface area contributed by atoms with Crippen molar-refractivity contribution in [3.05, 3.63) is 18.3 Å². The largest absolute Gasteiger partial charge is 0.444 e. The topological polar surface area (TPSA) is 37.4 Å². The molecule has 1 atom stereocenters. The summed E-state index contributed by atoms with van der Waals surface area (Å²) in [5.41, 5.74) is 1.03. The fourth-order valence-corrected chi connectivity index (χ4v) is 2.09. The van der Waals surface area contributed by atoms with Gasteiger partial charge in [0.15, 0.2) is 0 Å². The first-order valence-electron chi connectivity index (χ1n) is 6.32. The molecule has 1 saturated heterocycles. The van der Waals surface area contributed by atoms with Gasteiger partial charge in [-0.15, -0.1) is 0 Å². The van der Waals surface area contributed by atoms with Crippen LogP contribution in [-0.2, 0) is 0 Å². The number of ether oxygens (including phenoxy) is 1. The average molecular weight is 253 g/mol. The molecule has 100 valence electrons. The van der Waals surface area contributed by atoms with Crippen LogP contribution in [-0.4, -0.2) is 36.5 Å². The quantitative estimate of drug-likeness (QED) is 0.870. The predicted molar refractivity (Wildman–Crippen MR) is 69.7 cm³/mol. The lowest BCUT2D eigenvalue weighted by Gasteiger charge is -2.42. The molecule has 1 unspecified atom stereocenters. The third kappa shape index (κ3) is 3.32. The van der Waals surface area contributed by atoms with Crippen LogP contribution in [0.3, 0.4) is 0 Å². The van der Waals surface area contributed by atoms with Crippen molar-refractivity contribution in [2.45, 2.75) is 39.2 Å². The Morgan fingerprint density at radius 1 is 1.44 bits per heavy atom. The van der Waals surface area contributed by atoms with E-state index in [1.165, 1.54) is 6.92 Å². The summed E-state index contributed by atoms with van der Waals surface area (Å²) in [7, 11) is 0. The van der Waals surface area contributed by atoms with E-state index in [2.05, 4.69) is 29.0 Å². The maximum Gasteiger partial charge on any atom is 0.237 e. The van der Waals surface area contributed by atoms with Crippen LogP contribution in [0.2, 0.25) is 0 Å². The van der Waals surface area contributed by atoms with Crippen molar-refractivity contribution in [3.8, 4) is 5.88 Å². The number of anilines is 1. The van der Waals surface area contributed by atoms with Crippen molar-refractivity contribution >= 4 is 5.69 Å². The Bertz CT molecular complexity index is 392. The number of halogens is 1. The number of nitrogens with one attached hydrogen (secondary N) is 1. The summed E-state index contributed by atoms with van der Waals surface area (Å²) in [6.07, 6.45) is 0.315. The van der Waals surface area contributed by atoms with Crippen LogP contribution < -0.4 is 15.0 Å². The van der Waals surface area contributed by atoms with Crippen LogP contribution >= 0.6 is 0 Å². The highest BCUT2D eigenvalue weighted by Gasteiger charge is 2.27. The molecule has 1 aliphatic heterocycles. The van der Waals surface area contributed by atoms with Crippen molar-refractivity contribution in [1.29, 1.82) is 0 Å². The molecule has 5 heteroatoms. The number of aromatic nitrogens is 1. The van der Waals surface area contributed by atoms with Crippen molar-refractivity contribution in [1.82, 2.24) is 10.3 Å². The standard InChI is InChI=1S/C13H20FN3O/c1-9(2)16-11-7-17(8-11)12-4-5-15-13(6-12)18-10(3)14/h4-6,9-11,16H,7-8H2,1-3H3. The zero-order valence-corrected chi connectivity index (χ0v) is 11.1. The molecule has 0 bridgehead atoms. The van der Waals surface area contributed by atoms with Gasteiger partial charge in [0, 0.05) is 50.0 Å². The normalized spacial score (nSPS) is 17.7. The van der Waals surface area contributed by atoms with Crippen molar-refractivity contribution < 1.29 is 9.13 Å². The zero-order valence-electron chi connectivity index (χ0n) is 11.1. The molecule has 1 aromatic rings. The van der Waals surface area contributed by atoms with Gasteiger partial charge in [-0.1, -0.05) is 13.8 Å². The van der Waals surface area contributed by atoms with E-state index < -0.39 is 6.36 Å². The van der Waals surface area contributed by atoms with Gasteiger partial charge in [-0.3, -0.25) is 0 Å². The van der Waals surface area contributed by atoms with Gasteiger partial charge in [0.05, 0.1) is 0 Å². The van der Waals surface area contributed by atoms with Gasteiger partial charge < -0.3 is 15.0 Å². The minimum atomic E-state index is -1.33. The second-order valence-electron chi connectivity index (χ2n) is 4.94. The highest BCUT2D eigenvalue weighted by Crippen LogP contribution is 2.24. The number of pyridine rings is 1. The lowest BCUT2D eigenvalue weighted by Crippen LogP contribution is -2.59. The molecule has 2 heterocycles. The minimum absolute atomic E-state index is 0.336. The van der Waals surface area contributed by atoms with Crippen LogP contribution in [0.25, 0.3) is 0 Å². The summed E-state index contributed by atoms with van der Waals surface area (Å²) in [5.74, 6) is 0.336. The van der Waals surface area contributed by atoms with E-state index in [1.807, 2.05) is 6.07 Å². The number of hydrogen-bond acceptors (Lipinski definition) is 4. The lowest BCUT2D eigenvalue weighted by molar-refractivity contribution is 0.0810.